The number of nitrogens with one attached hydrogen (secondary N) is 1. The largest absolute Gasteiger partial charge is 0.454 e. The van der Waals surface area contributed by atoms with Gasteiger partial charge in [0.15, 0.2) is 11.5 Å². The van der Waals surface area contributed by atoms with Crippen LogP contribution >= 0.6 is 0 Å². The molecule has 2 N–H and O–H groups in total. The van der Waals surface area contributed by atoms with E-state index in [1.165, 1.54) is 0 Å². The van der Waals surface area contributed by atoms with Gasteiger partial charge in [-0.25, -0.2) is 0 Å². The van der Waals surface area contributed by atoms with Gasteiger partial charge in [-0.15, -0.1) is 0 Å². The minimum absolute atomic E-state index is 0.122. The van der Waals surface area contributed by atoms with Gasteiger partial charge in [0.2, 0.25) is 6.79 Å². The van der Waals surface area contributed by atoms with E-state index in [1.807, 2.05) is 18.2 Å². The van der Waals surface area contributed by atoms with Gasteiger partial charge >= 0.3 is 0 Å². The molecule has 0 aliphatic carbocycles. The topological polar surface area (TPSA) is 50.7 Å². The van der Waals surface area contributed by atoms with Crippen LogP contribution in [0.4, 0.5) is 0 Å². The SMILES string of the molecule is CCC(CC)(CC)NCC(O)c1ccc2c(c1)OCO2. The van der Waals surface area contributed by atoms with E-state index in [0.717, 1.165) is 30.6 Å². The van der Waals surface area contributed by atoms with E-state index in [0.29, 0.717) is 12.3 Å². The second kappa shape index (κ2) is 6.46. The number of aliphatic hydroxyl groups is 1. The first-order valence-electron chi connectivity index (χ1n) is 7.46. The smallest absolute Gasteiger partial charge is 0.231 e. The number of β-amino-alcohol motifs (C(OH)–C–C–N with tert-alkyl or cyclic N) is 1. The zero-order valence-corrected chi connectivity index (χ0v) is 12.6. The highest BCUT2D eigenvalue weighted by Crippen LogP contribution is 2.34. The van der Waals surface area contributed by atoms with Crippen molar-refractivity contribution in [3.63, 3.8) is 0 Å². The van der Waals surface area contributed by atoms with Gasteiger partial charge in [0.1, 0.15) is 0 Å². The van der Waals surface area contributed by atoms with Crippen LogP contribution in [-0.4, -0.2) is 24.0 Å². The van der Waals surface area contributed by atoms with Gasteiger partial charge in [-0.1, -0.05) is 26.8 Å². The summed E-state index contributed by atoms with van der Waals surface area (Å²) < 4.78 is 10.6. The summed E-state index contributed by atoms with van der Waals surface area (Å²) in [4.78, 5) is 0. The van der Waals surface area contributed by atoms with Gasteiger partial charge in [0.05, 0.1) is 6.10 Å². The molecule has 1 atom stereocenters. The minimum atomic E-state index is -0.534. The summed E-state index contributed by atoms with van der Waals surface area (Å²) in [6, 6.07) is 5.61. The van der Waals surface area contributed by atoms with Crippen molar-refractivity contribution < 1.29 is 14.6 Å². The van der Waals surface area contributed by atoms with E-state index < -0.39 is 6.10 Å². The van der Waals surface area contributed by atoms with Crippen LogP contribution in [0.2, 0.25) is 0 Å². The molecule has 0 aromatic heterocycles. The Morgan fingerprint density at radius 1 is 1.15 bits per heavy atom. The van der Waals surface area contributed by atoms with Crippen molar-refractivity contribution in [2.75, 3.05) is 13.3 Å². The second-order valence-corrected chi connectivity index (χ2v) is 5.35. The summed E-state index contributed by atoms with van der Waals surface area (Å²) in [5.41, 5.74) is 0.982. The predicted octanol–water partition coefficient (Wildman–Crippen LogP) is 3.01. The third kappa shape index (κ3) is 3.07. The number of benzene rings is 1. The first kappa shape index (κ1) is 15.1. The quantitative estimate of drug-likeness (QED) is 0.805. The third-order valence-corrected chi connectivity index (χ3v) is 4.48. The average Bonchev–Trinajstić information content (AvgIpc) is 2.96. The molecule has 0 fully saturated rings. The molecule has 1 aromatic carbocycles. The Bertz CT molecular complexity index is 435. The number of hydrogen-bond donors (Lipinski definition) is 2. The molecule has 0 radical (unpaired) electrons. The summed E-state index contributed by atoms with van der Waals surface area (Å²) in [5, 5.41) is 13.9. The standard InChI is InChI=1S/C16H25NO3/c1-4-16(5-2,6-3)17-10-13(18)12-7-8-14-15(9-12)20-11-19-14/h7-9,13,17-18H,4-6,10-11H2,1-3H3. The fraction of sp³-hybridized carbons (Fsp3) is 0.625. The second-order valence-electron chi connectivity index (χ2n) is 5.35. The Hall–Kier alpha value is -1.26. The first-order chi connectivity index (χ1) is 9.64. The molecule has 1 heterocycles. The van der Waals surface area contributed by atoms with Crippen LogP contribution in [0.5, 0.6) is 11.5 Å². The fourth-order valence-corrected chi connectivity index (χ4v) is 2.68. The van der Waals surface area contributed by atoms with Gasteiger partial charge in [0.25, 0.3) is 0 Å². The minimum Gasteiger partial charge on any atom is -0.454 e. The highest BCUT2D eigenvalue weighted by Gasteiger charge is 2.24. The van der Waals surface area contributed by atoms with Crippen molar-refractivity contribution >= 4 is 0 Å². The van der Waals surface area contributed by atoms with Crippen LogP contribution in [0.3, 0.4) is 0 Å². The van der Waals surface area contributed by atoms with Crippen molar-refractivity contribution in [1.29, 1.82) is 0 Å². The zero-order chi connectivity index (χ0) is 14.6. The molecule has 2 rings (SSSR count). The van der Waals surface area contributed by atoms with E-state index in [4.69, 9.17) is 9.47 Å². The van der Waals surface area contributed by atoms with Crippen LogP contribution in [0.25, 0.3) is 0 Å². The van der Waals surface area contributed by atoms with Gasteiger partial charge in [-0.05, 0) is 37.0 Å². The fourth-order valence-electron chi connectivity index (χ4n) is 2.68. The van der Waals surface area contributed by atoms with E-state index in [9.17, 15) is 5.11 Å². The molecule has 0 bridgehead atoms. The van der Waals surface area contributed by atoms with Crippen LogP contribution in [0.1, 0.15) is 51.7 Å². The summed E-state index contributed by atoms with van der Waals surface area (Å²) in [6.45, 7) is 7.37. The van der Waals surface area contributed by atoms with E-state index >= 15 is 0 Å². The number of hydrogen-bond acceptors (Lipinski definition) is 4. The molecule has 4 nitrogen and oxygen atoms in total. The lowest BCUT2D eigenvalue weighted by molar-refractivity contribution is 0.150. The lowest BCUT2D eigenvalue weighted by Crippen LogP contribution is -2.45. The average molecular weight is 279 g/mol. The summed E-state index contributed by atoms with van der Waals surface area (Å²) in [6.07, 6.45) is 2.66. The Labute approximate surface area is 121 Å². The molecule has 1 unspecified atom stereocenters. The molecule has 0 spiro atoms. The van der Waals surface area contributed by atoms with E-state index in [2.05, 4.69) is 26.1 Å². The molecule has 0 saturated carbocycles. The Morgan fingerprint density at radius 3 is 2.45 bits per heavy atom. The van der Waals surface area contributed by atoms with Crippen molar-refractivity contribution in [2.45, 2.75) is 51.7 Å². The summed E-state index contributed by atoms with van der Waals surface area (Å²) >= 11 is 0. The van der Waals surface area contributed by atoms with Crippen LogP contribution in [0, 0.1) is 0 Å². The third-order valence-electron chi connectivity index (χ3n) is 4.48. The molecule has 1 aromatic rings. The lowest BCUT2D eigenvalue weighted by Gasteiger charge is -2.33. The highest BCUT2D eigenvalue weighted by atomic mass is 16.7. The zero-order valence-electron chi connectivity index (χ0n) is 12.6. The predicted molar refractivity (Wildman–Crippen MR) is 79.1 cm³/mol. The Balaban J connectivity index is 1.99. The molecular weight excluding hydrogens is 254 g/mol. The van der Waals surface area contributed by atoms with Crippen molar-refractivity contribution in [3.8, 4) is 11.5 Å². The number of ether oxygens (including phenoxy) is 2. The van der Waals surface area contributed by atoms with Crippen LogP contribution < -0.4 is 14.8 Å². The van der Waals surface area contributed by atoms with Gasteiger partial charge in [0, 0.05) is 12.1 Å². The van der Waals surface area contributed by atoms with Crippen molar-refractivity contribution in [2.24, 2.45) is 0 Å². The summed E-state index contributed by atoms with van der Waals surface area (Å²) in [5.74, 6) is 1.47. The number of rotatable bonds is 7. The van der Waals surface area contributed by atoms with Gasteiger partial charge in [-0.3, -0.25) is 0 Å². The van der Waals surface area contributed by atoms with E-state index in [1.54, 1.807) is 0 Å². The molecule has 0 amide bonds. The van der Waals surface area contributed by atoms with Crippen molar-refractivity contribution in [1.82, 2.24) is 5.32 Å². The maximum absolute atomic E-state index is 10.3. The van der Waals surface area contributed by atoms with E-state index in [-0.39, 0.29) is 12.3 Å². The number of aliphatic hydroxyl groups excluding tert-OH is 1. The van der Waals surface area contributed by atoms with Gasteiger partial charge in [-0.2, -0.15) is 0 Å². The Kier molecular flexibility index (Phi) is 4.89. The summed E-state index contributed by atoms with van der Waals surface area (Å²) in [7, 11) is 0. The molecule has 20 heavy (non-hydrogen) atoms. The highest BCUT2D eigenvalue weighted by molar-refractivity contribution is 5.45. The maximum atomic E-state index is 10.3. The van der Waals surface area contributed by atoms with Crippen LogP contribution in [-0.2, 0) is 0 Å². The molecular formula is C16H25NO3. The van der Waals surface area contributed by atoms with Crippen molar-refractivity contribution in [3.05, 3.63) is 23.8 Å². The molecule has 1 aliphatic heterocycles. The first-order valence-corrected chi connectivity index (χ1v) is 7.46. The molecule has 112 valence electrons. The lowest BCUT2D eigenvalue weighted by atomic mass is 9.89. The number of fused-ring (bicyclic) bond motifs is 1. The van der Waals surface area contributed by atoms with Gasteiger partial charge < -0.3 is 19.9 Å². The molecule has 0 saturated heterocycles. The normalized spacial score (nSPS) is 15.4. The van der Waals surface area contributed by atoms with Crippen LogP contribution in [0.15, 0.2) is 18.2 Å². The maximum Gasteiger partial charge on any atom is 0.231 e. The Morgan fingerprint density at radius 2 is 1.80 bits per heavy atom. The molecule has 1 aliphatic rings. The molecule has 4 heteroatoms. The monoisotopic (exact) mass is 279 g/mol.